The number of nitrogens with zero attached hydrogens (tertiary/aromatic N) is 3. The van der Waals surface area contributed by atoms with E-state index >= 15 is 0 Å². The Kier molecular flexibility index (Phi) is 4.25. The molecule has 0 saturated carbocycles. The summed E-state index contributed by atoms with van der Waals surface area (Å²) < 4.78 is 15.3. The summed E-state index contributed by atoms with van der Waals surface area (Å²) in [7, 11) is 0. The summed E-state index contributed by atoms with van der Waals surface area (Å²) in [5.74, 6) is 0.272. The van der Waals surface area contributed by atoms with E-state index in [0.29, 0.717) is 22.4 Å². The van der Waals surface area contributed by atoms with Crippen LogP contribution in [0.5, 0.6) is 0 Å². The quantitative estimate of drug-likeness (QED) is 0.818. The molecule has 0 N–H and O–H groups in total. The summed E-state index contributed by atoms with van der Waals surface area (Å²) in [5.41, 5.74) is 0.552. The van der Waals surface area contributed by atoms with Crippen LogP contribution in [-0.4, -0.2) is 14.8 Å². The Hall–Kier alpha value is -0.650. The standard InChI is InChI=1S/C11H9BrCl2FN3/c1-2-3-9-16-17-11(14)18(9)10-7(12)4-6(15)5-8(10)13/h4-5H,2-3H2,1H3. The Bertz CT molecular complexity index is 563. The van der Waals surface area contributed by atoms with Crippen LogP contribution >= 0.6 is 39.1 Å². The summed E-state index contributed by atoms with van der Waals surface area (Å²) in [6.45, 7) is 2.02. The average molecular weight is 353 g/mol. The molecule has 0 amide bonds. The van der Waals surface area contributed by atoms with Crippen molar-refractivity contribution in [2.24, 2.45) is 0 Å². The summed E-state index contributed by atoms with van der Waals surface area (Å²) in [6, 6.07) is 2.56. The molecule has 2 aromatic rings. The Morgan fingerprint density at radius 3 is 2.67 bits per heavy atom. The Morgan fingerprint density at radius 2 is 2.06 bits per heavy atom. The van der Waals surface area contributed by atoms with Gasteiger partial charge in [-0.3, -0.25) is 4.57 Å². The van der Waals surface area contributed by atoms with Gasteiger partial charge in [-0.1, -0.05) is 18.5 Å². The molecule has 0 fully saturated rings. The third-order valence-electron chi connectivity index (χ3n) is 2.37. The van der Waals surface area contributed by atoms with Gasteiger partial charge in [0.25, 0.3) is 0 Å². The van der Waals surface area contributed by atoms with Crippen molar-refractivity contribution in [2.45, 2.75) is 19.8 Å². The predicted octanol–water partition coefficient (Wildman–Crippen LogP) is 4.43. The molecule has 7 heteroatoms. The second-order valence-electron chi connectivity index (χ2n) is 3.69. The molecule has 0 aliphatic heterocycles. The van der Waals surface area contributed by atoms with Crippen LogP contribution in [0.15, 0.2) is 16.6 Å². The minimum absolute atomic E-state index is 0.202. The molecule has 1 heterocycles. The van der Waals surface area contributed by atoms with E-state index in [-0.39, 0.29) is 10.3 Å². The summed E-state index contributed by atoms with van der Waals surface area (Å²) in [6.07, 6.45) is 1.60. The molecule has 0 radical (unpaired) electrons. The average Bonchev–Trinajstić information content (AvgIpc) is 2.61. The first kappa shape index (κ1) is 13.8. The zero-order valence-electron chi connectivity index (χ0n) is 9.42. The number of aryl methyl sites for hydroxylation is 1. The highest BCUT2D eigenvalue weighted by Gasteiger charge is 2.17. The van der Waals surface area contributed by atoms with Gasteiger partial charge in [0.15, 0.2) is 0 Å². The summed E-state index contributed by atoms with van der Waals surface area (Å²) in [5, 5.41) is 8.27. The van der Waals surface area contributed by atoms with Gasteiger partial charge < -0.3 is 0 Å². The summed E-state index contributed by atoms with van der Waals surface area (Å²) in [4.78, 5) is 0. The van der Waals surface area contributed by atoms with Gasteiger partial charge >= 0.3 is 0 Å². The van der Waals surface area contributed by atoms with E-state index in [1.54, 1.807) is 4.57 Å². The molecule has 0 unspecified atom stereocenters. The molecule has 1 aromatic carbocycles. The van der Waals surface area contributed by atoms with Crippen molar-refractivity contribution >= 4 is 39.1 Å². The fourth-order valence-corrected chi connectivity index (χ4v) is 2.88. The van der Waals surface area contributed by atoms with Gasteiger partial charge in [0.2, 0.25) is 5.28 Å². The lowest BCUT2D eigenvalue weighted by Gasteiger charge is -2.11. The largest absolute Gasteiger partial charge is 0.267 e. The zero-order valence-corrected chi connectivity index (χ0v) is 12.5. The van der Waals surface area contributed by atoms with Crippen LogP contribution in [0, 0.1) is 5.82 Å². The fourth-order valence-electron chi connectivity index (χ4n) is 1.65. The topological polar surface area (TPSA) is 30.7 Å². The maximum atomic E-state index is 13.2. The number of hydrogen-bond donors (Lipinski definition) is 0. The molecule has 2 rings (SSSR count). The van der Waals surface area contributed by atoms with Crippen LogP contribution in [0.25, 0.3) is 5.69 Å². The minimum Gasteiger partial charge on any atom is -0.267 e. The van der Waals surface area contributed by atoms with Crippen LogP contribution in [0.1, 0.15) is 19.2 Å². The lowest BCUT2D eigenvalue weighted by atomic mass is 10.2. The van der Waals surface area contributed by atoms with Crippen LogP contribution in [0.4, 0.5) is 4.39 Å². The molecule has 0 bridgehead atoms. The van der Waals surface area contributed by atoms with E-state index in [1.807, 2.05) is 6.92 Å². The maximum absolute atomic E-state index is 13.2. The van der Waals surface area contributed by atoms with E-state index in [9.17, 15) is 4.39 Å². The van der Waals surface area contributed by atoms with Crippen molar-refractivity contribution in [3.05, 3.63) is 38.6 Å². The SMILES string of the molecule is CCCc1nnc(Cl)n1-c1c(Cl)cc(F)cc1Br. The van der Waals surface area contributed by atoms with Gasteiger partial charge in [-0.2, -0.15) is 0 Å². The molecule has 0 aliphatic carbocycles. The highest BCUT2D eigenvalue weighted by Crippen LogP contribution is 2.32. The molecule has 18 heavy (non-hydrogen) atoms. The lowest BCUT2D eigenvalue weighted by molar-refractivity contribution is 0.626. The van der Waals surface area contributed by atoms with E-state index < -0.39 is 5.82 Å². The van der Waals surface area contributed by atoms with Crippen LogP contribution < -0.4 is 0 Å². The Morgan fingerprint density at radius 1 is 1.33 bits per heavy atom. The maximum Gasteiger partial charge on any atom is 0.229 e. The third kappa shape index (κ3) is 2.53. The molecule has 0 atom stereocenters. The van der Waals surface area contributed by atoms with Gasteiger partial charge in [0.1, 0.15) is 11.6 Å². The highest BCUT2D eigenvalue weighted by molar-refractivity contribution is 9.10. The molecule has 0 aliphatic rings. The first-order valence-corrected chi connectivity index (χ1v) is 6.84. The number of rotatable bonds is 3. The Balaban J connectivity index is 2.65. The van der Waals surface area contributed by atoms with E-state index in [2.05, 4.69) is 26.1 Å². The number of benzene rings is 1. The van der Waals surface area contributed by atoms with Crippen LogP contribution in [0.2, 0.25) is 10.3 Å². The normalized spacial score (nSPS) is 10.9. The van der Waals surface area contributed by atoms with E-state index in [0.717, 1.165) is 6.42 Å². The highest BCUT2D eigenvalue weighted by atomic mass is 79.9. The molecular weight excluding hydrogens is 344 g/mol. The molecule has 96 valence electrons. The third-order valence-corrected chi connectivity index (χ3v) is 3.51. The second-order valence-corrected chi connectivity index (χ2v) is 5.29. The molecule has 0 spiro atoms. The second kappa shape index (κ2) is 5.55. The monoisotopic (exact) mass is 351 g/mol. The van der Waals surface area contributed by atoms with Gasteiger partial charge in [-0.05, 0) is 46.1 Å². The van der Waals surface area contributed by atoms with Gasteiger partial charge in [-0.25, -0.2) is 4.39 Å². The first-order chi connectivity index (χ1) is 8.54. The van der Waals surface area contributed by atoms with Crippen molar-refractivity contribution in [3.8, 4) is 5.69 Å². The predicted molar refractivity (Wildman–Crippen MR) is 73.0 cm³/mol. The molecule has 3 nitrogen and oxygen atoms in total. The van der Waals surface area contributed by atoms with Crippen LogP contribution in [0.3, 0.4) is 0 Å². The van der Waals surface area contributed by atoms with Crippen LogP contribution in [-0.2, 0) is 6.42 Å². The smallest absolute Gasteiger partial charge is 0.229 e. The van der Waals surface area contributed by atoms with Crippen molar-refractivity contribution in [1.29, 1.82) is 0 Å². The van der Waals surface area contributed by atoms with Gasteiger partial charge in [0.05, 0.1) is 10.7 Å². The number of aromatic nitrogens is 3. The molecule has 0 saturated heterocycles. The zero-order chi connectivity index (χ0) is 13.3. The lowest BCUT2D eigenvalue weighted by Crippen LogP contribution is -2.03. The van der Waals surface area contributed by atoms with Crippen molar-refractivity contribution in [1.82, 2.24) is 14.8 Å². The Labute approximate surface area is 122 Å². The molecular formula is C11H9BrCl2FN3. The molecule has 1 aromatic heterocycles. The van der Waals surface area contributed by atoms with Crippen molar-refractivity contribution < 1.29 is 4.39 Å². The number of halogens is 4. The number of hydrogen-bond acceptors (Lipinski definition) is 2. The van der Waals surface area contributed by atoms with Gasteiger partial charge in [-0.15, -0.1) is 10.2 Å². The fraction of sp³-hybridized carbons (Fsp3) is 0.273. The minimum atomic E-state index is -0.420. The summed E-state index contributed by atoms with van der Waals surface area (Å²) >= 11 is 15.4. The van der Waals surface area contributed by atoms with Crippen molar-refractivity contribution in [3.63, 3.8) is 0 Å². The first-order valence-electron chi connectivity index (χ1n) is 5.29. The van der Waals surface area contributed by atoms with Gasteiger partial charge in [0, 0.05) is 10.9 Å². The van der Waals surface area contributed by atoms with E-state index in [1.165, 1.54) is 12.1 Å². The van der Waals surface area contributed by atoms with E-state index in [4.69, 9.17) is 23.2 Å². The van der Waals surface area contributed by atoms with Crippen molar-refractivity contribution in [2.75, 3.05) is 0 Å².